The summed E-state index contributed by atoms with van der Waals surface area (Å²) in [5.74, 6) is 0.301. The quantitative estimate of drug-likeness (QED) is 0.314. The van der Waals surface area contributed by atoms with Crippen LogP contribution < -0.4 is 15.7 Å². The van der Waals surface area contributed by atoms with Crippen LogP contribution >= 0.6 is 0 Å². The van der Waals surface area contributed by atoms with Crippen molar-refractivity contribution in [1.82, 2.24) is 9.80 Å². The molecule has 1 aliphatic heterocycles. The molecule has 172 valence electrons. The average molecular weight is 452 g/mol. The molecule has 3 aromatic rings. The lowest BCUT2D eigenvalue weighted by Gasteiger charge is -2.34. The Morgan fingerprint density at radius 3 is 2.55 bits per heavy atom. The molecule has 33 heavy (non-hydrogen) atoms. The van der Waals surface area contributed by atoms with E-state index in [9.17, 15) is 19.7 Å². The van der Waals surface area contributed by atoms with Gasteiger partial charge in [-0.15, -0.1) is 0 Å². The van der Waals surface area contributed by atoms with E-state index in [1.165, 1.54) is 30.3 Å². The number of anilines is 1. The summed E-state index contributed by atoms with van der Waals surface area (Å²) in [6, 6.07) is 14.5. The fourth-order valence-corrected chi connectivity index (χ4v) is 3.73. The number of amides is 1. The second kappa shape index (κ2) is 10.1. The number of para-hydroxylation sites is 1. The molecule has 0 atom stereocenters. The molecule has 2 aromatic carbocycles. The summed E-state index contributed by atoms with van der Waals surface area (Å²) >= 11 is 0. The van der Waals surface area contributed by atoms with Crippen LogP contribution in [0.15, 0.2) is 63.8 Å². The van der Waals surface area contributed by atoms with Gasteiger partial charge in [0.05, 0.1) is 10.6 Å². The van der Waals surface area contributed by atoms with Crippen molar-refractivity contribution >= 4 is 28.3 Å². The summed E-state index contributed by atoms with van der Waals surface area (Å²) in [4.78, 5) is 38.4. The van der Waals surface area contributed by atoms with Gasteiger partial charge in [-0.3, -0.25) is 19.8 Å². The van der Waals surface area contributed by atoms with Gasteiger partial charge in [-0.2, -0.15) is 0 Å². The molecule has 1 N–H and O–H groups in total. The van der Waals surface area contributed by atoms with Gasteiger partial charge in [-0.25, -0.2) is 4.79 Å². The largest absolute Gasteiger partial charge is 0.484 e. The Balaban J connectivity index is 1.20. The maximum absolute atomic E-state index is 12.4. The molecule has 1 fully saturated rings. The molecule has 0 aliphatic carbocycles. The van der Waals surface area contributed by atoms with Crippen molar-refractivity contribution in [3.8, 4) is 5.75 Å². The highest BCUT2D eigenvalue weighted by molar-refractivity contribution is 5.89. The number of piperazine rings is 1. The second-order valence-corrected chi connectivity index (χ2v) is 7.66. The van der Waals surface area contributed by atoms with E-state index >= 15 is 0 Å². The Morgan fingerprint density at radius 2 is 1.82 bits per heavy atom. The second-order valence-electron chi connectivity index (χ2n) is 7.66. The molecule has 0 bridgehead atoms. The van der Waals surface area contributed by atoms with Gasteiger partial charge in [-0.1, -0.05) is 12.1 Å². The van der Waals surface area contributed by atoms with Crippen LogP contribution in [0.1, 0.15) is 0 Å². The first-order chi connectivity index (χ1) is 16.0. The van der Waals surface area contributed by atoms with Crippen LogP contribution in [0.3, 0.4) is 0 Å². The summed E-state index contributed by atoms with van der Waals surface area (Å²) in [6.45, 7) is 4.00. The summed E-state index contributed by atoms with van der Waals surface area (Å²) < 4.78 is 10.7. The fraction of sp³-hybridized carbons (Fsp3) is 0.304. The minimum atomic E-state index is -0.483. The Bertz CT molecular complexity index is 1190. The standard InChI is InChI=1S/C23H24N4O6/c28-22(16-32-18-7-5-17(6-8-18)27(30)31)26-13-11-25(12-14-26)10-9-24-20-15-23(29)33-21-4-2-1-3-19(20)21/h1-8,15,24H,9-14,16H2. The third-order valence-corrected chi connectivity index (χ3v) is 5.53. The number of benzene rings is 2. The highest BCUT2D eigenvalue weighted by Crippen LogP contribution is 2.21. The van der Waals surface area contributed by atoms with Crippen LogP contribution in [-0.2, 0) is 4.79 Å². The summed E-state index contributed by atoms with van der Waals surface area (Å²) in [5, 5.41) is 14.9. The lowest BCUT2D eigenvalue weighted by atomic mass is 10.2. The first kappa shape index (κ1) is 22.3. The molecule has 0 spiro atoms. The average Bonchev–Trinajstić information content (AvgIpc) is 2.83. The van der Waals surface area contributed by atoms with Gasteiger partial charge < -0.3 is 19.4 Å². The molecule has 0 saturated carbocycles. The van der Waals surface area contributed by atoms with Gasteiger partial charge >= 0.3 is 5.63 Å². The van der Waals surface area contributed by atoms with Crippen LogP contribution in [0.5, 0.6) is 5.75 Å². The zero-order chi connectivity index (χ0) is 23.2. The minimum Gasteiger partial charge on any atom is -0.484 e. The van der Waals surface area contributed by atoms with E-state index in [0.717, 1.165) is 30.7 Å². The number of rotatable bonds is 8. The van der Waals surface area contributed by atoms with E-state index in [-0.39, 0.29) is 23.8 Å². The number of carbonyl (C=O) groups is 1. The highest BCUT2D eigenvalue weighted by atomic mass is 16.6. The molecule has 0 radical (unpaired) electrons. The Labute approximate surface area is 189 Å². The van der Waals surface area contributed by atoms with Gasteiger partial charge in [0, 0.05) is 62.9 Å². The highest BCUT2D eigenvalue weighted by Gasteiger charge is 2.21. The molecule has 0 unspecified atom stereocenters. The van der Waals surface area contributed by atoms with Crippen molar-refractivity contribution in [3.05, 3.63) is 75.1 Å². The van der Waals surface area contributed by atoms with Gasteiger partial charge in [0.15, 0.2) is 6.61 Å². The monoisotopic (exact) mass is 452 g/mol. The fourth-order valence-electron chi connectivity index (χ4n) is 3.73. The molecule has 1 amide bonds. The van der Waals surface area contributed by atoms with E-state index in [4.69, 9.17) is 9.15 Å². The van der Waals surface area contributed by atoms with Gasteiger partial charge in [0.25, 0.3) is 11.6 Å². The third-order valence-electron chi connectivity index (χ3n) is 5.53. The zero-order valence-electron chi connectivity index (χ0n) is 17.9. The van der Waals surface area contributed by atoms with Gasteiger partial charge in [0.1, 0.15) is 11.3 Å². The van der Waals surface area contributed by atoms with Crippen molar-refractivity contribution < 1.29 is 18.9 Å². The molecule has 4 rings (SSSR count). The van der Waals surface area contributed by atoms with Gasteiger partial charge in [-0.05, 0) is 24.3 Å². The molecule has 10 nitrogen and oxygen atoms in total. The van der Waals surface area contributed by atoms with Crippen molar-refractivity contribution in [1.29, 1.82) is 0 Å². The van der Waals surface area contributed by atoms with Gasteiger partial charge in [0.2, 0.25) is 0 Å². The number of fused-ring (bicyclic) bond motifs is 1. The molecule has 1 aromatic heterocycles. The summed E-state index contributed by atoms with van der Waals surface area (Å²) in [5.41, 5.74) is 0.886. The van der Waals surface area contributed by atoms with Crippen molar-refractivity contribution in [2.45, 2.75) is 0 Å². The molecule has 10 heteroatoms. The van der Waals surface area contributed by atoms with E-state index < -0.39 is 4.92 Å². The lowest BCUT2D eigenvalue weighted by Crippen LogP contribution is -2.50. The Morgan fingerprint density at radius 1 is 1.09 bits per heavy atom. The number of ether oxygens (including phenoxy) is 1. The molecule has 1 saturated heterocycles. The first-order valence-corrected chi connectivity index (χ1v) is 10.6. The summed E-state index contributed by atoms with van der Waals surface area (Å²) in [7, 11) is 0. The van der Waals surface area contributed by atoms with Crippen molar-refractivity contribution in [2.75, 3.05) is 51.2 Å². The lowest BCUT2D eigenvalue weighted by molar-refractivity contribution is -0.384. The number of nitro groups is 1. The van der Waals surface area contributed by atoms with Crippen molar-refractivity contribution in [3.63, 3.8) is 0 Å². The van der Waals surface area contributed by atoms with Crippen LogP contribution in [-0.4, -0.2) is 66.5 Å². The molecule has 2 heterocycles. The van der Waals surface area contributed by atoms with Crippen LogP contribution in [0.2, 0.25) is 0 Å². The number of non-ortho nitro benzene ring substituents is 1. The van der Waals surface area contributed by atoms with Crippen molar-refractivity contribution in [2.24, 2.45) is 0 Å². The number of nitro benzene ring substituents is 1. The smallest absolute Gasteiger partial charge is 0.338 e. The SMILES string of the molecule is O=C(COc1ccc([N+](=O)[O-])cc1)N1CCN(CCNc2cc(=O)oc3ccccc23)CC1. The molecule has 1 aliphatic rings. The number of carbonyl (C=O) groups excluding carboxylic acids is 1. The number of hydrogen-bond donors (Lipinski definition) is 1. The topological polar surface area (TPSA) is 118 Å². The predicted molar refractivity (Wildman–Crippen MR) is 123 cm³/mol. The zero-order valence-corrected chi connectivity index (χ0v) is 17.9. The Kier molecular flexibility index (Phi) is 6.84. The van der Waals surface area contributed by atoms with Crippen LogP contribution in [0.4, 0.5) is 11.4 Å². The maximum atomic E-state index is 12.4. The number of hydrogen-bond acceptors (Lipinski definition) is 8. The number of nitrogens with one attached hydrogen (secondary N) is 1. The van der Waals surface area contributed by atoms with Crippen LogP contribution in [0.25, 0.3) is 11.0 Å². The minimum absolute atomic E-state index is 0.0248. The van der Waals surface area contributed by atoms with E-state index in [2.05, 4.69) is 10.2 Å². The summed E-state index contributed by atoms with van der Waals surface area (Å²) in [6.07, 6.45) is 0. The Hall–Kier alpha value is -3.92. The maximum Gasteiger partial charge on any atom is 0.338 e. The number of nitrogens with zero attached hydrogens (tertiary/aromatic N) is 3. The van der Waals surface area contributed by atoms with E-state index in [1.54, 1.807) is 11.0 Å². The van der Waals surface area contributed by atoms with E-state index in [0.29, 0.717) is 31.0 Å². The first-order valence-electron chi connectivity index (χ1n) is 10.6. The van der Waals surface area contributed by atoms with Crippen LogP contribution in [0, 0.1) is 10.1 Å². The normalized spacial score (nSPS) is 14.2. The molecular weight excluding hydrogens is 428 g/mol. The predicted octanol–water partition coefficient (Wildman–Crippen LogP) is 2.34. The third kappa shape index (κ3) is 5.66. The van der Waals surface area contributed by atoms with E-state index in [1.807, 2.05) is 18.2 Å². The molecular formula is C23H24N4O6.